The second-order valence-corrected chi connectivity index (χ2v) is 3.44. The Hall–Kier alpha value is -0.380. The summed E-state index contributed by atoms with van der Waals surface area (Å²) in [6.45, 7) is 0. The minimum Gasteiger partial charge on any atom is -0.480 e. The summed E-state index contributed by atoms with van der Waals surface area (Å²) in [5, 5.41) is 7.65. The summed E-state index contributed by atoms with van der Waals surface area (Å²) >= 11 is 0. The number of hydrogen-bond acceptors (Lipinski definition) is 2. The predicted octanol–water partition coefficient (Wildman–Crippen LogP) is -0.408. The third kappa shape index (κ3) is 0.753. The molecule has 3 nitrogen and oxygen atoms in total. The minimum absolute atomic E-state index is 0.560. The lowest BCUT2D eigenvalue weighted by molar-refractivity contribution is -0.136. The van der Waals surface area contributed by atoms with Crippen LogP contribution in [0.15, 0.2) is 0 Å². The van der Waals surface area contributed by atoms with Gasteiger partial charge < -0.3 is 5.11 Å². The van der Waals surface area contributed by atoms with Crippen molar-refractivity contribution in [3.63, 3.8) is 0 Å². The van der Waals surface area contributed by atoms with Crippen molar-refractivity contribution in [3.8, 4) is 0 Å². The highest BCUT2D eigenvalue weighted by atomic mass is 32.2. The summed E-state index contributed by atoms with van der Waals surface area (Å²) < 4.78 is 10.4. The van der Waals surface area contributed by atoms with E-state index in [1.165, 1.54) is 0 Å². The van der Waals surface area contributed by atoms with Crippen molar-refractivity contribution >= 4 is 16.8 Å². The molecule has 1 N–H and O–H groups in total. The van der Waals surface area contributed by atoms with Gasteiger partial charge in [-0.1, -0.05) is 0 Å². The third-order valence-corrected chi connectivity index (χ3v) is 2.88. The third-order valence-electron chi connectivity index (χ3n) is 1.17. The maximum Gasteiger partial charge on any atom is 0.319 e. The summed E-state index contributed by atoms with van der Waals surface area (Å²) in [6.07, 6.45) is 0.585. The Morgan fingerprint density at radius 2 is 2.38 bits per heavy atom. The number of rotatable bonds is 1. The minimum atomic E-state index is -1.06. The van der Waals surface area contributed by atoms with Crippen LogP contribution in [0.3, 0.4) is 0 Å². The molecule has 1 heterocycles. The zero-order valence-electron chi connectivity index (χ0n) is 4.16. The van der Waals surface area contributed by atoms with Crippen LogP contribution >= 0.6 is 0 Å². The van der Waals surface area contributed by atoms with Crippen LogP contribution in [0.25, 0.3) is 0 Å². The second-order valence-electron chi connectivity index (χ2n) is 1.70. The summed E-state index contributed by atoms with van der Waals surface area (Å²) in [6, 6.07) is 0. The molecule has 1 fully saturated rings. The quantitative estimate of drug-likeness (QED) is 0.530. The van der Waals surface area contributed by atoms with E-state index in [9.17, 15) is 9.00 Å². The van der Waals surface area contributed by atoms with E-state index in [0.717, 1.165) is 0 Å². The summed E-state index contributed by atoms with van der Waals surface area (Å²) in [5.74, 6) is -0.355. The van der Waals surface area contributed by atoms with Gasteiger partial charge >= 0.3 is 5.97 Å². The van der Waals surface area contributed by atoms with Gasteiger partial charge in [-0.25, -0.2) is 0 Å². The van der Waals surface area contributed by atoms with E-state index in [1.807, 2.05) is 0 Å². The van der Waals surface area contributed by atoms with Crippen LogP contribution in [0.2, 0.25) is 0 Å². The van der Waals surface area contributed by atoms with Crippen molar-refractivity contribution < 1.29 is 14.1 Å². The zero-order valence-corrected chi connectivity index (χ0v) is 4.98. The number of aliphatic carboxylic acids is 1. The fourth-order valence-electron chi connectivity index (χ4n) is 0.568. The number of carboxylic acid groups (broad SMARTS) is 1. The second kappa shape index (κ2) is 1.85. The Morgan fingerprint density at radius 1 is 1.75 bits per heavy atom. The largest absolute Gasteiger partial charge is 0.480 e. The van der Waals surface area contributed by atoms with E-state index in [-0.39, 0.29) is 0 Å². The molecule has 0 aliphatic carbocycles. The summed E-state index contributed by atoms with van der Waals surface area (Å²) in [5.41, 5.74) is 0. The Kier molecular flexibility index (Phi) is 1.33. The molecule has 4 heteroatoms. The van der Waals surface area contributed by atoms with Crippen LogP contribution in [0, 0.1) is 0 Å². The topological polar surface area (TPSA) is 54.4 Å². The summed E-state index contributed by atoms with van der Waals surface area (Å²) in [7, 11) is -1.06. The molecule has 46 valence electrons. The molecule has 0 spiro atoms. The lowest BCUT2D eigenvalue weighted by atomic mass is 10.3. The van der Waals surface area contributed by atoms with Crippen molar-refractivity contribution in [1.82, 2.24) is 0 Å². The van der Waals surface area contributed by atoms with Crippen molar-refractivity contribution in [2.45, 2.75) is 11.7 Å². The molecule has 1 aliphatic heterocycles. The van der Waals surface area contributed by atoms with Gasteiger partial charge in [-0.2, -0.15) is 0 Å². The maximum absolute atomic E-state index is 10.4. The smallest absolute Gasteiger partial charge is 0.319 e. The van der Waals surface area contributed by atoms with E-state index in [2.05, 4.69) is 0 Å². The van der Waals surface area contributed by atoms with Crippen molar-refractivity contribution in [1.29, 1.82) is 0 Å². The van der Waals surface area contributed by atoms with Crippen molar-refractivity contribution in [2.24, 2.45) is 0 Å². The van der Waals surface area contributed by atoms with Crippen LogP contribution in [0.1, 0.15) is 6.42 Å². The molecule has 1 rings (SSSR count). The SMILES string of the molecule is O=C(O)C1CCS1=O. The Balaban J connectivity index is 2.49. The zero-order chi connectivity index (χ0) is 6.15. The van der Waals surface area contributed by atoms with E-state index in [1.54, 1.807) is 0 Å². The van der Waals surface area contributed by atoms with Crippen molar-refractivity contribution in [3.05, 3.63) is 0 Å². The van der Waals surface area contributed by atoms with Crippen LogP contribution < -0.4 is 0 Å². The van der Waals surface area contributed by atoms with Crippen LogP contribution in [-0.2, 0) is 15.6 Å². The Bertz CT molecular complexity index is 134. The van der Waals surface area contributed by atoms with E-state index < -0.39 is 22.0 Å². The van der Waals surface area contributed by atoms with Gasteiger partial charge in [-0.05, 0) is 6.42 Å². The van der Waals surface area contributed by atoms with Crippen LogP contribution in [0.5, 0.6) is 0 Å². The molecule has 0 saturated carbocycles. The predicted molar refractivity (Wildman–Crippen MR) is 29.1 cm³/mol. The molecular weight excluding hydrogens is 128 g/mol. The Labute approximate surface area is 49.2 Å². The number of carbonyl (C=O) groups is 1. The van der Waals surface area contributed by atoms with E-state index in [0.29, 0.717) is 12.2 Å². The normalized spacial score (nSPS) is 36.0. The van der Waals surface area contributed by atoms with Gasteiger partial charge in [0.25, 0.3) is 0 Å². The first-order valence-electron chi connectivity index (χ1n) is 2.32. The molecule has 8 heavy (non-hydrogen) atoms. The lowest BCUT2D eigenvalue weighted by Gasteiger charge is -2.19. The monoisotopic (exact) mass is 134 g/mol. The number of hydrogen-bond donors (Lipinski definition) is 1. The first kappa shape index (κ1) is 5.75. The molecule has 1 saturated heterocycles. The highest BCUT2D eigenvalue weighted by Crippen LogP contribution is 2.15. The molecule has 2 atom stereocenters. The highest BCUT2D eigenvalue weighted by molar-refractivity contribution is 7.87. The molecule has 0 radical (unpaired) electrons. The molecule has 0 bridgehead atoms. The van der Waals surface area contributed by atoms with Crippen LogP contribution in [-0.4, -0.2) is 26.3 Å². The van der Waals surface area contributed by atoms with Gasteiger partial charge in [0, 0.05) is 16.6 Å². The van der Waals surface area contributed by atoms with Crippen molar-refractivity contribution in [2.75, 3.05) is 5.75 Å². The number of carboxylic acids is 1. The average molecular weight is 134 g/mol. The fraction of sp³-hybridized carbons (Fsp3) is 0.750. The molecule has 0 aromatic carbocycles. The molecule has 2 unspecified atom stereocenters. The van der Waals surface area contributed by atoms with Gasteiger partial charge in [0.15, 0.2) is 0 Å². The fourth-order valence-corrected chi connectivity index (χ4v) is 1.46. The molecule has 1 aliphatic rings. The molecule has 0 amide bonds. The van der Waals surface area contributed by atoms with Gasteiger partial charge in [-0.15, -0.1) is 0 Å². The van der Waals surface area contributed by atoms with E-state index in [4.69, 9.17) is 5.11 Å². The van der Waals surface area contributed by atoms with Crippen LogP contribution in [0.4, 0.5) is 0 Å². The van der Waals surface area contributed by atoms with Gasteiger partial charge in [-0.3, -0.25) is 9.00 Å². The first-order valence-corrected chi connectivity index (χ1v) is 3.70. The average Bonchev–Trinajstić information content (AvgIpc) is 1.61. The maximum atomic E-state index is 10.4. The summed E-state index contributed by atoms with van der Waals surface area (Å²) in [4.78, 5) is 10.00. The molecular formula is C4H6O3S. The van der Waals surface area contributed by atoms with Gasteiger partial charge in [0.05, 0.1) is 0 Å². The van der Waals surface area contributed by atoms with Gasteiger partial charge in [0.2, 0.25) is 0 Å². The Morgan fingerprint density at radius 3 is 2.38 bits per heavy atom. The lowest BCUT2D eigenvalue weighted by Crippen LogP contribution is -2.37. The standard InChI is InChI=1S/C4H6O3S/c5-4(6)3-1-2-8(3)7/h3H,1-2H2,(H,5,6). The highest BCUT2D eigenvalue weighted by Gasteiger charge is 2.32. The molecule has 0 aromatic heterocycles. The first-order chi connectivity index (χ1) is 3.72. The molecule has 0 aromatic rings. The van der Waals surface area contributed by atoms with E-state index >= 15 is 0 Å². The van der Waals surface area contributed by atoms with Gasteiger partial charge in [0.1, 0.15) is 5.25 Å².